The van der Waals surface area contributed by atoms with Crippen molar-refractivity contribution in [2.45, 2.75) is 12.8 Å². The molecule has 0 aliphatic carbocycles. The molecule has 2 N–H and O–H groups in total. The first-order valence-corrected chi connectivity index (χ1v) is 5.78. The number of amides is 1. The van der Waals surface area contributed by atoms with E-state index in [9.17, 15) is 9.90 Å². The molecule has 4 nitrogen and oxygen atoms in total. The molecule has 17 heavy (non-hydrogen) atoms. The van der Waals surface area contributed by atoms with Crippen LogP contribution in [-0.2, 0) is 4.74 Å². The zero-order valence-electron chi connectivity index (χ0n) is 9.70. The summed E-state index contributed by atoms with van der Waals surface area (Å²) in [5.74, 6) is -0.248. The standard InChI is InChI=1S/C12H16ClNO3/c1-17-7-3-2-6-14-12(16)10-8-9(15)4-5-11(10)13/h4-5,8,15H,2-3,6-7H2,1H3,(H,14,16). The normalized spacial score (nSPS) is 10.2. The molecule has 0 saturated heterocycles. The molecule has 1 aromatic carbocycles. The third-order valence-corrected chi connectivity index (χ3v) is 2.58. The second-order valence-corrected chi connectivity index (χ2v) is 4.03. The lowest BCUT2D eigenvalue weighted by molar-refractivity contribution is 0.0951. The van der Waals surface area contributed by atoms with Gasteiger partial charge in [-0.05, 0) is 31.0 Å². The molecule has 0 heterocycles. The number of hydrogen-bond acceptors (Lipinski definition) is 3. The van der Waals surface area contributed by atoms with Gasteiger partial charge in [0.2, 0.25) is 0 Å². The van der Waals surface area contributed by atoms with Crippen molar-refractivity contribution in [2.24, 2.45) is 0 Å². The van der Waals surface area contributed by atoms with Crippen LogP contribution in [0.3, 0.4) is 0 Å². The molecule has 1 aromatic rings. The minimum absolute atomic E-state index is 0.0268. The Morgan fingerprint density at radius 2 is 2.24 bits per heavy atom. The van der Waals surface area contributed by atoms with Crippen molar-refractivity contribution in [3.8, 4) is 5.75 Å². The summed E-state index contributed by atoms with van der Waals surface area (Å²) in [5.41, 5.74) is 0.290. The van der Waals surface area contributed by atoms with Crippen molar-refractivity contribution in [2.75, 3.05) is 20.3 Å². The first-order valence-electron chi connectivity index (χ1n) is 5.41. The lowest BCUT2D eigenvalue weighted by atomic mass is 10.2. The van der Waals surface area contributed by atoms with Gasteiger partial charge in [0.15, 0.2) is 0 Å². The number of carbonyl (C=O) groups excluding carboxylic acids is 1. The highest BCUT2D eigenvalue weighted by molar-refractivity contribution is 6.33. The summed E-state index contributed by atoms with van der Waals surface area (Å²) in [7, 11) is 1.64. The van der Waals surface area contributed by atoms with Crippen LogP contribution in [0.5, 0.6) is 5.75 Å². The summed E-state index contributed by atoms with van der Waals surface area (Å²) in [6, 6.07) is 4.29. The van der Waals surface area contributed by atoms with Crippen LogP contribution < -0.4 is 5.32 Å². The van der Waals surface area contributed by atoms with E-state index in [0.717, 1.165) is 12.8 Å². The monoisotopic (exact) mass is 257 g/mol. The Labute approximate surface area is 106 Å². The molecule has 0 bridgehead atoms. The molecule has 5 heteroatoms. The fraction of sp³-hybridized carbons (Fsp3) is 0.417. The SMILES string of the molecule is COCCCCNC(=O)c1cc(O)ccc1Cl. The minimum atomic E-state index is -0.275. The largest absolute Gasteiger partial charge is 0.508 e. The molecular formula is C12H16ClNO3. The van der Waals surface area contributed by atoms with Crippen LogP contribution in [0.25, 0.3) is 0 Å². The smallest absolute Gasteiger partial charge is 0.252 e. The van der Waals surface area contributed by atoms with Gasteiger partial charge >= 0.3 is 0 Å². The summed E-state index contributed by atoms with van der Waals surface area (Å²) in [5, 5.41) is 12.3. The van der Waals surface area contributed by atoms with Crippen LogP contribution in [0, 0.1) is 0 Å². The minimum Gasteiger partial charge on any atom is -0.508 e. The molecule has 0 aliphatic heterocycles. The van der Waals surface area contributed by atoms with E-state index in [-0.39, 0.29) is 11.7 Å². The number of ether oxygens (including phenoxy) is 1. The van der Waals surface area contributed by atoms with Gasteiger partial charge in [-0.1, -0.05) is 11.6 Å². The molecule has 0 saturated carbocycles. The summed E-state index contributed by atoms with van der Waals surface area (Å²) in [6.45, 7) is 1.25. The van der Waals surface area contributed by atoms with Crippen LogP contribution in [0.15, 0.2) is 18.2 Å². The van der Waals surface area contributed by atoms with Crippen molar-refractivity contribution in [1.82, 2.24) is 5.32 Å². The molecule has 0 fully saturated rings. The summed E-state index contributed by atoms with van der Waals surface area (Å²) in [4.78, 5) is 11.7. The number of aromatic hydroxyl groups is 1. The zero-order chi connectivity index (χ0) is 12.7. The fourth-order valence-electron chi connectivity index (χ4n) is 1.36. The Hall–Kier alpha value is -1.26. The van der Waals surface area contributed by atoms with Gasteiger partial charge in [0.05, 0.1) is 10.6 Å². The molecule has 0 aliphatic rings. The average molecular weight is 258 g/mol. The molecule has 0 unspecified atom stereocenters. The number of nitrogens with one attached hydrogen (secondary N) is 1. The molecule has 1 amide bonds. The maximum Gasteiger partial charge on any atom is 0.252 e. The van der Waals surface area contributed by atoms with Crippen molar-refractivity contribution >= 4 is 17.5 Å². The number of halogens is 1. The van der Waals surface area contributed by atoms with E-state index in [1.807, 2.05) is 0 Å². The van der Waals surface area contributed by atoms with E-state index in [1.165, 1.54) is 18.2 Å². The van der Waals surface area contributed by atoms with Gasteiger partial charge in [-0.15, -0.1) is 0 Å². The van der Waals surface area contributed by atoms with Gasteiger partial charge < -0.3 is 15.2 Å². The number of carbonyl (C=O) groups is 1. The molecule has 94 valence electrons. The van der Waals surface area contributed by atoms with Gasteiger partial charge in [0, 0.05) is 20.3 Å². The summed E-state index contributed by atoms with van der Waals surface area (Å²) < 4.78 is 4.90. The highest BCUT2D eigenvalue weighted by Crippen LogP contribution is 2.20. The molecule has 0 aromatic heterocycles. The summed E-state index contributed by atoms with van der Waals surface area (Å²) >= 11 is 5.86. The van der Waals surface area contributed by atoms with Gasteiger partial charge in [0.1, 0.15) is 5.75 Å². The quantitative estimate of drug-likeness (QED) is 0.768. The maximum atomic E-state index is 11.7. The Kier molecular flexibility index (Phi) is 5.80. The van der Waals surface area contributed by atoms with Crippen molar-refractivity contribution < 1.29 is 14.6 Å². The van der Waals surface area contributed by atoms with Crippen molar-refractivity contribution in [3.05, 3.63) is 28.8 Å². The van der Waals surface area contributed by atoms with E-state index in [1.54, 1.807) is 7.11 Å². The van der Waals surface area contributed by atoms with E-state index in [2.05, 4.69) is 5.32 Å². The van der Waals surface area contributed by atoms with Gasteiger partial charge in [-0.2, -0.15) is 0 Å². The van der Waals surface area contributed by atoms with E-state index >= 15 is 0 Å². The number of rotatable bonds is 6. The lowest BCUT2D eigenvalue weighted by Gasteiger charge is -2.07. The second kappa shape index (κ2) is 7.14. The Bertz CT molecular complexity index is 382. The Morgan fingerprint density at radius 1 is 1.47 bits per heavy atom. The number of benzene rings is 1. The van der Waals surface area contributed by atoms with E-state index in [0.29, 0.717) is 23.7 Å². The Balaban J connectivity index is 2.44. The third kappa shape index (κ3) is 4.63. The number of methoxy groups -OCH3 is 1. The first kappa shape index (κ1) is 13.8. The second-order valence-electron chi connectivity index (χ2n) is 3.62. The van der Waals surface area contributed by atoms with Crippen LogP contribution in [0.4, 0.5) is 0 Å². The van der Waals surface area contributed by atoms with Crippen LogP contribution in [0.1, 0.15) is 23.2 Å². The molecule has 0 radical (unpaired) electrons. The summed E-state index contributed by atoms with van der Waals surface area (Å²) in [6.07, 6.45) is 1.74. The molecular weight excluding hydrogens is 242 g/mol. The topological polar surface area (TPSA) is 58.6 Å². The van der Waals surface area contributed by atoms with Crippen LogP contribution >= 0.6 is 11.6 Å². The van der Waals surface area contributed by atoms with Crippen molar-refractivity contribution in [1.29, 1.82) is 0 Å². The predicted molar refractivity (Wildman–Crippen MR) is 66.6 cm³/mol. The Morgan fingerprint density at radius 3 is 2.94 bits per heavy atom. The van der Waals surface area contributed by atoms with E-state index < -0.39 is 0 Å². The van der Waals surface area contributed by atoms with Gasteiger partial charge in [-0.25, -0.2) is 0 Å². The van der Waals surface area contributed by atoms with Gasteiger partial charge in [-0.3, -0.25) is 4.79 Å². The predicted octanol–water partition coefficient (Wildman–Crippen LogP) is 2.20. The highest BCUT2D eigenvalue weighted by atomic mass is 35.5. The van der Waals surface area contributed by atoms with Crippen molar-refractivity contribution in [3.63, 3.8) is 0 Å². The first-order chi connectivity index (χ1) is 8.15. The molecule has 0 atom stereocenters. The number of phenols is 1. The number of hydrogen-bond donors (Lipinski definition) is 2. The third-order valence-electron chi connectivity index (χ3n) is 2.26. The lowest BCUT2D eigenvalue weighted by Crippen LogP contribution is -2.24. The zero-order valence-corrected chi connectivity index (χ0v) is 10.5. The molecule has 1 rings (SSSR count). The maximum absolute atomic E-state index is 11.7. The van der Waals surface area contributed by atoms with Crippen LogP contribution in [-0.4, -0.2) is 31.3 Å². The van der Waals surface area contributed by atoms with Crippen LogP contribution in [0.2, 0.25) is 5.02 Å². The fourth-order valence-corrected chi connectivity index (χ4v) is 1.56. The number of phenolic OH excluding ortho intramolecular Hbond substituents is 1. The average Bonchev–Trinajstić information content (AvgIpc) is 2.32. The van der Waals surface area contributed by atoms with E-state index in [4.69, 9.17) is 16.3 Å². The molecule has 0 spiro atoms. The number of unbranched alkanes of at least 4 members (excludes halogenated alkanes) is 1. The highest BCUT2D eigenvalue weighted by Gasteiger charge is 2.10. The van der Waals surface area contributed by atoms with Gasteiger partial charge in [0.25, 0.3) is 5.91 Å².